The summed E-state index contributed by atoms with van der Waals surface area (Å²) in [4.78, 5) is 47.5. The topological polar surface area (TPSA) is 136 Å². The van der Waals surface area contributed by atoms with Crippen LogP contribution in [0.1, 0.15) is 19.5 Å². The number of nitrogens with two attached hydrogens (primary N) is 1. The van der Waals surface area contributed by atoms with E-state index in [1.54, 1.807) is 5.38 Å². The summed E-state index contributed by atoms with van der Waals surface area (Å²) in [6.07, 6.45) is 3.35. The van der Waals surface area contributed by atoms with E-state index < -0.39 is 17.9 Å². The lowest BCUT2D eigenvalue weighted by Crippen LogP contribution is -2.69. The van der Waals surface area contributed by atoms with Gasteiger partial charge in [-0.15, -0.1) is 23.1 Å². The van der Waals surface area contributed by atoms with Crippen LogP contribution >= 0.6 is 23.1 Å². The molecule has 1 aromatic heterocycles. The van der Waals surface area contributed by atoms with Gasteiger partial charge in [-0.05, 0) is 19.4 Å². The van der Waals surface area contributed by atoms with Gasteiger partial charge in [0.05, 0.1) is 5.57 Å². The molecule has 1 saturated heterocycles. The number of amides is 2. The first kappa shape index (κ1) is 21.8. The van der Waals surface area contributed by atoms with Gasteiger partial charge in [0, 0.05) is 17.3 Å². The molecule has 3 rings (SSSR count). The minimum atomic E-state index is -0.750. The highest BCUT2D eigenvalue weighted by atomic mass is 32.2. The predicted octanol–water partition coefficient (Wildman–Crippen LogP) is 0.869. The lowest BCUT2D eigenvalue weighted by atomic mass is 10.1. The number of nitrogen functional groups attached to an aromatic ring is 1. The molecule has 0 aliphatic carbocycles. The van der Waals surface area contributed by atoms with E-state index in [0.717, 1.165) is 16.9 Å². The summed E-state index contributed by atoms with van der Waals surface area (Å²) >= 11 is 2.53. The number of hydrogen-bond donors (Lipinski definition) is 2. The summed E-state index contributed by atoms with van der Waals surface area (Å²) in [6, 6.07) is -0.750. The van der Waals surface area contributed by atoms with E-state index in [1.807, 2.05) is 19.9 Å². The van der Waals surface area contributed by atoms with Gasteiger partial charge >= 0.3 is 5.97 Å². The number of oxime groups is 1. The molecule has 3 heterocycles. The highest BCUT2D eigenvalue weighted by molar-refractivity contribution is 8.00. The first-order valence-electron chi connectivity index (χ1n) is 8.92. The highest BCUT2D eigenvalue weighted by Crippen LogP contribution is 2.36. The average molecular weight is 452 g/mol. The third-order valence-electron chi connectivity index (χ3n) is 4.42. The lowest BCUT2D eigenvalue weighted by molar-refractivity contribution is -0.144. The molecule has 0 bridgehead atoms. The van der Waals surface area contributed by atoms with E-state index >= 15 is 0 Å². The van der Waals surface area contributed by atoms with Crippen LogP contribution in [-0.2, 0) is 24.0 Å². The normalized spacial score (nSPS) is 21.4. The van der Waals surface area contributed by atoms with Crippen LogP contribution in [0.4, 0.5) is 5.13 Å². The average Bonchev–Trinajstić information content (AvgIpc) is 3.18. The van der Waals surface area contributed by atoms with Crippen molar-refractivity contribution in [2.45, 2.75) is 25.3 Å². The van der Waals surface area contributed by atoms with Crippen molar-refractivity contribution in [3.63, 3.8) is 0 Å². The number of β-lactam (4-membered cyclic amide) rings is 1. The number of thiazole rings is 1. The summed E-state index contributed by atoms with van der Waals surface area (Å²) in [5, 5.41) is 7.91. The zero-order valence-electron chi connectivity index (χ0n) is 16.6. The first-order valence-corrected chi connectivity index (χ1v) is 10.8. The maximum atomic E-state index is 12.6. The minimum absolute atomic E-state index is 0.0725. The fourth-order valence-electron chi connectivity index (χ4n) is 2.68. The smallest absolute Gasteiger partial charge is 0.336 e. The van der Waals surface area contributed by atoms with E-state index in [0.29, 0.717) is 11.3 Å². The highest BCUT2D eigenvalue weighted by Gasteiger charge is 2.50. The number of carbonyl (C=O) groups excluding carboxylic acids is 3. The molecule has 160 valence electrons. The molecule has 30 heavy (non-hydrogen) atoms. The molecule has 2 aliphatic heterocycles. The third kappa shape index (κ3) is 4.49. The Balaban J connectivity index is 1.64. The second-order valence-electron chi connectivity index (χ2n) is 6.46. The number of aromatic nitrogens is 1. The van der Waals surface area contributed by atoms with Gasteiger partial charge in [-0.1, -0.05) is 11.2 Å². The monoisotopic (exact) mass is 451 g/mol. The summed E-state index contributed by atoms with van der Waals surface area (Å²) in [7, 11) is 1.30. The van der Waals surface area contributed by atoms with E-state index in [-0.39, 0.29) is 34.4 Å². The van der Waals surface area contributed by atoms with Crippen molar-refractivity contribution in [1.82, 2.24) is 15.2 Å². The van der Waals surface area contributed by atoms with Gasteiger partial charge in [0.1, 0.15) is 30.8 Å². The number of carbonyl (C=O) groups is 3. The molecule has 1 aromatic rings. The molecule has 12 heteroatoms. The Hall–Kier alpha value is -2.86. The summed E-state index contributed by atoms with van der Waals surface area (Å²) in [5.74, 6) is -1.02. The van der Waals surface area contributed by atoms with Gasteiger partial charge in [-0.25, -0.2) is 9.78 Å². The number of rotatable bonds is 7. The van der Waals surface area contributed by atoms with E-state index in [1.165, 1.54) is 30.0 Å². The molecule has 3 N–H and O–H groups in total. The largest absolute Gasteiger partial charge is 0.458 e. The number of thioether (sulfide) groups is 1. The number of hydrogen-bond acceptors (Lipinski definition) is 10. The maximum Gasteiger partial charge on any atom is 0.336 e. The fraction of sp³-hybridized carbons (Fsp3) is 0.389. The molecule has 0 spiro atoms. The maximum absolute atomic E-state index is 12.6. The Labute approximate surface area is 181 Å². The molecule has 0 radical (unpaired) electrons. The number of nitrogens with zero attached hydrogens (tertiary/aromatic N) is 3. The molecular weight excluding hydrogens is 430 g/mol. The van der Waals surface area contributed by atoms with Crippen molar-refractivity contribution in [1.29, 1.82) is 0 Å². The summed E-state index contributed by atoms with van der Waals surface area (Å²) in [5.41, 5.74) is 7.14. The molecule has 2 amide bonds. The molecule has 2 aliphatic rings. The van der Waals surface area contributed by atoms with E-state index in [9.17, 15) is 14.4 Å². The van der Waals surface area contributed by atoms with Gasteiger partial charge in [0.25, 0.3) is 11.8 Å². The van der Waals surface area contributed by atoms with Crippen molar-refractivity contribution in [2.24, 2.45) is 5.16 Å². The number of esters is 1. The van der Waals surface area contributed by atoms with Crippen molar-refractivity contribution in [2.75, 3.05) is 25.2 Å². The number of anilines is 1. The molecule has 10 nitrogen and oxygen atoms in total. The van der Waals surface area contributed by atoms with Crippen LogP contribution in [-0.4, -0.2) is 64.3 Å². The quantitative estimate of drug-likeness (QED) is 0.205. The second-order valence-corrected chi connectivity index (χ2v) is 8.45. The molecule has 1 unspecified atom stereocenters. The summed E-state index contributed by atoms with van der Waals surface area (Å²) in [6.45, 7) is 3.93. The van der Waals surface area contributed by atoms with Crippen molar-refractivity contribution < 1.29 is 24.0 Å². The van der Waals surface area contributed by atoms with Gasteiger partial charge in [0.15, 0.2) is 10.8 Å². The Morgan fingerprint density at radius 3 is 2.90 bits per heavy atom. The molecule has 0 saturated carbocycles. The second kappa shape index (κ2) is 9.30. The standard InChI is InChI=1S/C18H21N5O5S2/c1-4-9(2)6-28-17(26)10-5-23-15(25)13(16(23)29-7-10)21-14(24)12(22-27-3)11-8-30-18(19)20-11/h4-5,8,13,16H,6-7H2,1-3H3,(H2,19,20)(H,21,24)/t13?,16-/m1/s1. The Kier molecular flexibility index (Phi) is 6.77. The van der Waals surface area contributed by atoms with Gasteiger partial charge in [-0.3, -0.25) is 9.59 Å². The molecule has 0 aromatic carbocycles. The van der Waals surface area contributed by atoms with Crippen LogP contribution in [0.2, 0.25) is 0 Å². The number of ether oxygens (including phenoxy) is 1. The third-order valence-corrected chi connectivity index (χ3v) is 6.41. The number of nitrogens with one attached hydrogen (secondary N) is 1. The first-order chi connectivity index (χ1) is 14.3. The Morgan fingerprint density at radius 2 is 2.27 bits per heavy atom. The van der Waals surface area contributed by atoms with Gasteiger partial charge in [-0.2, -0.15) is 0 Å². The van der Waals surface area contributed by atoms with Crippen LogP contribution in [0.5, 0.6) is 0 Å². The number of allylic oxidation sites excluding steroid dienone is 1. The zero-order chi connectivity index (χ0) is 21.8. The van der Waals surface area contributed by atoms with Crippen LogP contribution < -0.4 is 11.1 Å². The summed E-state index contributed by atoms with van der Waals surface area (Å²) < 4.78 is 5.24. The number of fused-ring (bicyclic) bond motifs is 1. The van der Waals surface area contributed by atoms with Gasteiger partial charge < -0.3 is 25.5 Å². The lowest BCUT2D eigenvalue weighted by Gasteiger charge is -2.47. The Bertz CT molecular complexity index is 955. The molecular formula is C18H21N5O5S2. The SMILES string of the molecule is CC=C(C)COC(=O)C1=CN2C(=O)C(NC(=O)C(=NOC)c3csc(N)n3)[C@H]2SC1. The predicted molar refractivity (Wildman–Crippen MR) is 114 cm³/mol. The van der Waals surface area contributed by atoms with Crippen LogP contribution in [0.15, 0.2) is 34.0 Å². The van der Waals surface area contributed by atoms with Crippen molar-refractivity contribution >= 4 is 51.7 Å². The van der Waals surface area contributed by atoms with Gasteiger partial charge in [0.2, 0.25) is 0 Å². The van der Waals surface area contributed by atoms with E-state index in [4.69, 9.17) is 15.3 Å². The van der Waals surface area contributed by atoms with E-state index in [2.05, 4.69) is 15.5 Å². The van der Waals surface area contributed by atoms with Crippen LogP contribution in [0.3, 0.4) is 0 Å². The minimum Gasteiger partial charge on any atom is -0.458 e. The zero-order valence-corrected chi connectivity index (χ0v) is 18.2. The van der Waals surface area contributed by atoms with Crippen molar-refractivity contribution in [3.05, 3.63) is 34.5 Å². The van der Waals surface area contributed by atoms with Crippen LogP contribution in [0.25, 0.3) is 0 Å². The van der Waals surface area contributed by atoms with Crippen molar-refractivity contribution in [3.8, 4) is 0 Å². The van der Waals surface area contributed by atoms with Crippen LogP contribution in [0, 0.1) is 0 Å². The fourth-order valence-corrected chi connectivity index (χ4v) is 4.47. The Morgan fingerprint density at radius 1 is 1.50 bits per heavy atom. The molecule has 1 fully saturated rings. The molecule has 2 atom stereocenters.